The van der Waals surface area contributed by atoms with Gasteiger partial charge in [-0.05, 0) is 32.9 Å². The van der Waals surface area contributed by atoms with Crippen LogP contribution in [0.15, 0.2) is 0 Å². The molecule has 0 saturated heterocycles. The van der Waals surface area contributed by atoms with Crippen LogP contribution in [0.3, 0.4) is 0 Å². The maximum Gasteiger partial charge on any atom is 0.240 e. The summed E-state index contributed by atoms with van der Waals surface area (Å²) in [5.74, 6) is 0.0198. The fourth-order valence-electron chi connectivity index (χ4n) is 1.44. The number of hydrogen-bond donors (Lipinski definition) is 2. The zero-order chi connectivity index (χ0) is 11.3. The van der Waals surface area contributed by atoms with Gasteiger partial charge in [-0.1, -0.05) is 13.3 Å². The summed E-state index contributed by atoms with van der Waals surface area (Å²) >= 11 is 0. The standard InChI is InChI=1S/C11H23N3O.2ClH/c1-3-4-8-14(2)9-7-13-10(15)11(12)5-6-11;;/h3-9,12H2,1-2H3,(H,13,15);2*1H. The molecule has 1 saturated carbocycles. The first-order valence-electron chi connectivity index (χ1n) is 5.84. The molecular formula is C11H25Cl2N3O. The summed E-state index contributed by atoms with van der Waals surface area (Å²) < 4.78 is 0. The van der Waals surface area contributed by atoms with Crippen molar-refractivity contribution in [2.45, 2.75) is 38.1 Å². The van der Waals surface area contributed by atoms with Crippen LogP contribution < -0.4 is 11.1 Å². The number of unbranched alkanes of at least 4 members (excludes halogenated alkanes) is 1. The number of carbonyl (C=O) groups excluding carboxylic acids is 1. The first-order chi connectivity index (χ1) is 7.08. The first kappa shape index (κ1) is 19.3. The van der Waals surface area contributed by atoms with Crippen molar-refractivity contribution >= 4 is 30.7 Å². The highest BCUT2D eigenvalue weighted by Gasteiger charge is 2.45. The lowest BCUT2D eigenvalue weighted by atomic mass is 10.3. The topological polar surface area (TPSA) is 58.4 Å². The van der Waals surface area contributed by atoms with E-state index >= 15 is 0 Å². The van der Waals surface area contributed by atoms with Gasteiger partial charge in [0, 0.05) is 13.1 Å². The van der Waals surface area contributed by atoms with Gasteiger partial charge in [-0.15, -0.1) is 24.8 Å². The summed E-state index contributed by atoms with van der Waals surface area (Å²) in [5, 5.41) is 2.89. The van der Waals surface area contributed by atoms with Crippen LogP contribution in [0.4, 0.5) is 0 Å². The van der Waals surface area contributed by atoms with Gasteiger partial charge >= 0.3 is 0 Å². The second-order valence-electron chi connectivity index (χ2n) is 4.57. The molecule has 0 spiro atoms. The summed E-state index contributed by atoms with van der Waals surface area (Å²) in [7, 11) is 2.08. The molecule has 0 heterocycles. The van der Waals surface area contributed by atoms with E-state index < -0.39 is 5.54 Å². The SMILES string of the molecule is CCCCN(C)CCNC(=O)C1(N)CC1.Cl.Cl. The fraction of sp³-hybridized carbons (Fsp3) is 0.909. The Balaban J connectivity index is 0. The van der Waals surface area contributed by atoms with Crippen molar-refractivity contribution in [2.24, 2.45) is 5.73 Å². The number of halogens is 2. The molecule has 0 atom stereocenters. The Labute approximate surface area is 117 Å². The van der Waals surface area contributed by atoms with E-state index in [1.165, 1.54) is 12.8 Å². The van der Waals surface area contributed by atoms with Crippen LogP contribution in [-0.2, 0) is 4.79 Å². The lowest BCUT2D eigenvalue weighted by molar-refractivity contribution is -0.123. The summed E-state index contributed by atoms with van der Waals surface area (Å²) in [5.41, 5.74) is 5.24. The van der Waals surface area contributed by atoms with E-state index in [-0.39, 0.29) is 30.7 Å². The third-order valence-corrected chi connectivity index (χ3v) is 2.91. The summed E-state index contributed by atoms with van der Waals surface area (Å²) in [6.45, 7) is 4.89. The number of rotatable bonds is 7. The molecule has 3 N–H and O–H groups in total. The van der Waals surface area contributed by atoms with Gasteiger partial charge in [0.15, 0.2) is 0 Å². The number of amides is 1. The van der Waals surface area contributed by atoms with E-state index in [1.807, 2.05) is 0 Å². The minimum absolute atomic E-state index is 0. The molecule has 1 rings (SSSR count). The van der Waals surface area contributed by atoms with Gasteiger partial charge in [-0.2, -0.15) is 0 Å². The molecule has 17 heavy (non-hydrogen) atoms. The van der Waals surface area contributed by atoms with Gasteiger partial charge in [0.2, 0.25) is 5.91 Å². The maximum absolute atomic E-state index is 11.5. The monoisotopic (exact) mass is 285 g/mol. The van der Waals surface area contributed by atoms with Crippen LogP contribution in [0, 0.1) is 0 Å². The zero-order valence-corrected chi connectivity index (χ0v) is 12.3. The van der Waals surface area contributed by atoms with Gasteiger partial charge in [-0.25, -0.2) is 0 Å². The lowest BCUT2D eigenvalue weighted by Crippen LogP contribution is -2.45. The molecule has 4 nitrogen and oxygen atoms in total. The molecule has 0 aliphatic heterocycles. The van der Waals surface area contributed by atoms with E-state index in [2.05, 4.69) is 24.2 Å². The van der Waals surface area contributed by atoms with Crippen molar-refractivity contribution in [3.05, 3.63) is 0 Å². The Hall–Kier alpha value is -0.0300. The fourth-order valence-corrected chi connectivity index (χ4v) is 1.44. The highest BCUT2D eigenvalue weighted by molar-refractivity contribution is 5.88. The molecule has 0 aromatic carbocycles. The van der Waals surface area contributed by atoms with Crippen molar-refractivity contribution in [3.8, 4) is 0 Å². The number of hydrogen-bond acceptors (Lipinski definition) is 3. The minimum Gasteiger partial charge on any atom is -0.353 e. The lowest BCUT2D eigenvalue weighted by Gasteiger charge is -2.17. The number of carbonyl (C=O) groups is 1. The molecule has 0 radical (unpaired) electrons. The van der Waals surface area contributed by atoms with Gasteiger partial charge in [0.1, 0.15) is 0 Å². The van der Waals surface area contributed by atoms with Gasteiger partial charge < -0.3 is 16.0 Å². The molecule has 0 bridgehead atoms. The second-order valence-corrected chi connectivity index (χ2v) is 4.57. The predicted molar refractivity (Wildman–Crippen MR) is 76.1 cm³/mol. The van der Waals surface area contributed by atoms with Crippen LogP contribution >= 0.6 is 24.8 Å². The Bertz CT molecular complexity index is 223. The Morgan fingerprint density at radius 1 is 1.35 bits per heavy atom. The van der Waals surface area contributed by atoms with Gasteiger partial charge in [0.05, 0.1) is 5.54 Å². The average molecular weight is 286 g/mol. The Morgan fingerprint density at radius 2 is 1.94 bits per heavy atom. The van der Waals surface area contributed by atoms with Crippen molar-refractivity contribution < 1.29 is 4.79 Å². The van der Waals surface area contributed by atoms with E-state index in [0.717, 1.165) is 25.9 Å². The van der Waals surface area contributed by atoms with Crippen molar-refractivity contribution in [3.63, 3.8) is 0 Å². The highest BCUT2D eigenvalue weighted by Crippen LogP contribution is 2.31. The van der Waals surface area contributed by atoms with Crippen molar-refractivity contribution in [2.75, 3.05) is 26.7 Å². The summed E-state index contributed by atoms with van der Waals surface area (Å²) in [6, 6.07) is 0. The van der Waals surface area contributed by atoms with Crippen LogP contribution in [0.1, 0.15) is 32.6 Å². The maximum atomic E-state index is 11.5. The Morgan fingerprint density at radius 3 is 2.41 bits per heavy atom. The average Bonchev–Trinajstić information content (AvgIpc) is 2.94. The number of nitrogens with one attached hydrogen (secondary N) is 1. The molecule has 0 aromatic rings. The molecule has 1 amide bonds. The second kappa shape index (κ2) is 8.97. The van der Waals surface area contributed by atoms with Gasteiger partial charge in [0.25, 0.3) is 0 Å². The third kappa shape index (κ3) is 7.09. The minimum atomic E-state index is -0.526. The normalized spacial score (nSPS) is 15.8. The molecular weight excluding hydrogens is 261 g/mol. The third-order valence-electron chi connectivity index (χ3n) is 2.91. The Kier molecular flexibility index (Phi) is 10.2. The molecule has 1 aliphatic carbocycles. The smallest absolute Gasteiger partial charge is 0.240 e. The summed E-state index contributed by atoms with van der Waals surface area (Å²) in [4.78, 5) is 13.7. The molecule has 1 aliphatic rings. The number of nitrogens with two attached hydrogens (primary N) is 1. The largest absolute Gasteiger partial charge is 0.353 e. The van der Waals surface area contributed by atoms with E-state index in [9.17, 15) is 4.79 Å². The summed E-state index contributed by atoms with van der Waals surface area (Å²) in [6.07, 6.45) is 4.10. The predicted octanol–water partition coefficient (Wildman–Crippen LogP) is 1.17. The zero-order valence-electron chi connectivity index (χ0n) is 10.7. The van der Waals surface area contributed by atoms with E-state index in [0.29, 0.717) is 6.54 Å². The molecule has 0 unspecified atom stereocenters. The van der Waals surface area contributed by atoms with Crippen LogP contribution in [0.2, 0.25) is 0 Å². The van der Waals surface area contributed by atoms with Crippen LogP contribution in [-0.4, -0.2) is 43.0 Å². The number of likely N-dealkylation sites (N-methyl/N-ethyl adjacent to an activating group) is 1. The molecule has 0 aromatic heterocycles. The van der Waals surface area contributed by atoms with Gasteiger partial charge in [-0.3, -0.25) is 4.79 Å². The molecule has 6 heteroatoms. The molecule has 104 valence electrons. The number of nitrogens with zero attached hydrogens (tertiary/aromatic N) is 1. The quantitative estimate of drug-likeness (QED) is 0.738. The van der Waals surface area contributed by atoms with Crippen molar-refractivity contribution in [1.82, 2.24) is 10.2 Å². The van der Waals surface area contributed by atoms with E-state index in [4.69, 9.17) is 5.73 Å². The first-order valence-corrected chi connectivity index (χ1v) is 5.84. The highest BCUT2D eigenvalue weighted by atomic mass is 35.5. The van der Waals surface area contributed by atoms with Crippen LogP contribution in [0.5, 0.6) is 0 Å². The molecule has 1 fully saturated rings. The van der Waals surface area contributed by atoms with Crippen LogP contribution in [0.25, 0.3) is 0 Å². The van der Waals surface area contributed by atoms with E-state index in [1.54, 1.807) is 0 Å². The van der Waals surface area contributed by atoms with Crippen molar-refractivity contribution in [1.29, 1.82) is 0 Å².